The zero-order chi connectivity index (χ0) is 22.3. The summed E-state index contributed by atoms with van der Waals surface area (Å²) in [5.41, 5.74) is 0.944. The summed E-state index contributed by atoms with van der Waals surface area (Å²) in [5.74, 6) is -0.648. The van der Waals surface area contributed by atoms with Gasteiger partial charge in [-0.15, -0.1) is 11.3 Å². The quantitative estimate of drug-likeness (QED) is 0.578. The Kier molecular flexibility index (Phi) is 5.47. The fourth-order valence-electron chi connectivity index (χ4n) is 4.14. The second-order valence-corrected chi connectivity index (χ2v) is 10.0. The van der Waals surface area contributed by atoms with Crippen LogP contribution in [0.1, 0.15) is 58.5 Å². The summed E-state index contributed by atoms with van der Waals surface area (Å²) in [6, 6.07) is 8.46. The molecule has 6 nitrogen and oxygen atoms in total. The van der Waals surface area contributed by atoms with Crippen LogP contribution in [0.5, 0.6) is 0 Å². The van der Waals surface area contributed by atoms with Crippen molar-refractivity contribution in [3.63, 3.8) is 0 Å². The Labute approximate surface area is 184 Å². The highest BCUT2D eigenvalue weighted by molar-refractivity contribution is 7.17. The predicted molar refractivity (Wildman–Crippen MR) is 121 cm³/mol. The van der Waals surface area contributed by atoms with Crippen molar-refractivity contribution in [2.45, 2.75) is 40.0 Å². The number of ether oxygens (including phenoxy) is 1. The minimum absolute atomic E-state index is 0.0987. The Morgan fingerprint density at radius 2 is 1.97 bits per heavy atom. The first-order chi connectivity index (χ1) is 14.7. The highest BCUT2D eigenvalue weighted by Crippen LogP contribution is 2.44. The van der Waals surface area contributed by atoms with Gasteiger partial charge in [0.05, 0.1) is 18.1 Å². The van der Waals surface area contributed by atoms with Gasteiger partial charge in [0.1, 0.15) is 5.00 Å². The fourth-order valence-corrected chi connectivity index (χ4v) is 5.45. The Hall–Kier alpha value is -2.93. The van der Waals surface area contributed by atoms with Crippen LogP contribution < -0.4 is 10.9 Å². The van der Waals surface area contributed by atoms with E-state index in [4.69, 9.17) is 9.15 Å². The molecule has 162 valence electrons. The number of hydrogen-bond donors (Lipinski definition) is 1. The molecule has 0 unspecified atom stereocenters. The first-order valence-corrected chi connectivity index (χ1v) is 11.1. The molecule has 0 radical (unpaired) electrons. The molecule has 4 rings (SSSR count). The number of rotatable bonds is 3. The lowest BCUT2D eigenvalue weighted by atomic mass is 9.72. The van der Waals surface area contributed by atoms with E-state index in [1.807, 2.05) is 0 Å². The van der Waals surface area contributed by atoms with Crippen molar-refractivity contribution in [3.05, 3.63) is 62.5 Å². The van der Waals surface area contributed by atoms with Crippen LogP contribution in [0.2, 0.25) is 0 Å². The van der Waals surface area contributed by atoms with Crippen LogP contribution in [0.3, 0.4) is 0 Å². The molecule has 2 aromatic heterocycles. The smallest absolute Gasteiger partial charge is 0.344 e. The molecule has 0 bridgehead atoms. The average molecular weight is 440 g/mol. The number of amides is 1. The molecule has 31 heavy (non-hydrogen) atoms. The molecule has 1 aliphatic rings. The lowest BCUT2D eigenvalue weighted by Crippen LogP contribution is -2.26. The van der Waals surface area contributed by atoms with E-state index in [0.717, 1.165) is 29.7 Å². The SMILES string of the molecule is COC(=O)c1c(NC(=O)c2cc3ccccc3c(=O)o2)sc2c1CC[C@@H](C(C)(C)C)C2. The van der Waals surface area contributed by atoms with Gasteiger partial charge in [-0.3, -0.25) is 4.79 Å². The van der Waals surface area contributed by atoms with Gasteiger partial charge in [0.2, 0.25) is 0 Å². The number of fused-ring (bicyclic) bond motifs is 2. The third-order valence-corrected chi connectivity index (χ3v) is 7.17. The second kappa shape index (κ2) is 7.96. The predicted octanol–water partition coefficient (Wildman–Crippen LogP) is 5.04. The third-order valence-electron chi connectivity index (χ3n) is 6.00. The van der Waals surface area contributed by atoms with Crippen LogP contribution in [0.15, 0.2) is 39.5 Å². The largest absolute Gasteiger partial charge is 0.465 e. The molecule has 3 aromatic rings. The van der Waals surface area contributed by atoms with Crippen LogP contribution in [-0.4, -0.2) is 19.0 Å². The Morgan fingerprint density at radius 1 is 1.23 bits per heavy atom. The molecule has 0 saturated carbocycles. The summed E-state index contributed by atoms with van der Waals surface area (Å²) in [6.45, 7) is 6.67. The van der Waals surface area contributed by atoms with Crippen LogP contribution >= 0.6 is 11.3 Å². The lowest BCUT2D eigenvalue weighted by molar-refractivity contribution is 0.0600. The summed E-state index contributed by atoms with van der Waals surface area (Å²) >= 11 is 1.40. The van der Waals surface area contributed by atoms with Crippen LogP contribution in [0, 0.1) is 11.3 Å². The van der Waals surface area contributed by atoms with Gasteiger partial charge in [-0.1, -0.05) is 39.0 Å². The normalized spacial score (nSPS) is 16.1. The van der Waals surface area contributed by atoms with Crippen molar-refractivity contribution < 1.29 is 18.7 Å². The number of nitrogens with one attached hydrogen (secondary N) is 1. The van der Waals surface area contributed by atoms with Crippen LogP contribution in [0.25, 0.3) is 10.8 Å². The molecule has 0 fully saturated rings. The Bertz CT molecular complexity index is 1230. The van der Waals surface area contributed by atoms with E-state index in [9.17, 15) is 14.4 Å². The Morgan fingerprint density at radius 3 is 2.68 bits per heavy atom. The van der Waals surface area contributed by atoms with Crippen LogP contribution in [0.4, 0.5) is 5.00 Å². The summed E-state index contributed by atoms with van der Waals surface area (Å²) in [4.78, 5) is 38.8. The monoisotopic (exact) mass is 439 g/mol. The van der Waals surface area contributed by atoms with Crippen molar-refractivity contribution in [1.29, 1.82) is 0 Å². The van der Waals surface area contributed by atoms with E-state index >= 15 is 0 Å². The zero-order valence-electron chi connectivity index (χ0n) is 18.0. The molecule has 0 aliphatic heterocycles. The standard InChI is InChI=1S/C24H25NO5S/c1-24(2,3)14-9-10-16-18(12-14)31-21(19(16)23(28)29-4)25-20(26)17-11-13-7-5-6-8-15(13)22(27)30-17/h5-8,11,14H,9-10,12H2,1-4H3,(H,25,26)/t14-/m1/s1. The highest BCUT2D eigenvalue weighted by Gasteiger charge is 2.34. The van der Waals surface area contributed by atoms with Gasteiger partial charge >= 0.3 is 11.6 Å². The highest BCUT2D eigenvalue weighted by atomic mass is 32.1. The number of carbonyl (C=O) groups is 2. The van der Waals surface area contributed by atoms with Gasteiger partial charge < -0.3 is 14.5 Å². The van der Waals surface area contributed by atoms with Gasteiger partial charge in [-0.25, -0.2) is 9.59 Å². The van der Waals surface area contributed by atoms with E-state index in [0.29, 0.717) is 27.3 Å². The van der Waals surface area contributed by atoms with Gasteiger partial charge in [0, 0.05) is 4.88 Å². The van der Waals surface area contributed by atoms with E-state index in [1.165, 1.54) is 24.5 Å². The van der Waals surface area contributed by atoms with E-state index in [-0.39, 0.29) is 11.2 Å². The second-order valence-electron chi connectivity index (χ2n) is 8.94. The lowest BCUT2D eigenvalue weighted by Gasteiger charge is -2.33. The van der Waals surface area contributed by atoms with Crippen molar-refractivity contribution >= 4 is 39.0 Å². The number of benzene rings is 1. The minimum Gasteiger partial charge on any atom is -0.465 e. The maximum atomic E-state index is 12.9. The molecule has 7 heteroatoms. The minimum atomic E-state index is -0.574. The molecule has 1 aromatic carbocycles. The van der Waals surface area contributed by atoms with Crippen molar-refractivity contribution in [2.75, 3.05) is 12.4 Å². The molecular weight excluding hydrogens is 414 g/mol. The fraction of sp³-hybridized carbons (Fsp3) is 0.375. The first kappa shape index (κ1) is 21.3. The first-order valence-electron chi connectivity index (χ1n) is 10.3. The van der Waals surface area contributed by atoms with E-state index in [2.05, 4.69) is 26.1 Å². The number of thiophene rings is 1. The van der Waals surface area contributed by atoms with Crippen LogP contribution in [-0.2, 0) is 17.6 Å². The van der Waals surface area contributed by atoms with Gasteiger partial charge in [0.15, 0.2) is 5.76 Å². The topological polar surface area (TPSA) is 85.6 Å². The van der Waals surface area contributed by atoms with Crippen molar-refractivity contribution in [1.82, 2.24) is 0 Å². The third kappa shape index (κ3) is 4.02. The zero-order valence-corrected chi connectivity index (χ0v) is 18.9. The summed E-state index contributed by atoms with van der Waals surface area (Å²) in [5, 5.41) is 4.26. The molecule has 1 atom stereocenters. The van der Waals surface area contributed by atoms with E-state index in [1.54, 1.807) is 24.3 Å². The molecule has 0 spiro atoms. The summed E-state index contributed by atoms with van der Waals surface area (Å²) in [7, 11) is 1.33. The number of esters is 1. The van der Waals surface area contributed by atoms with Crippen molar-refractivity contribution in [2.24, 2.45) is 11.3 Å². The van der Waals surface area contributed by atoms with E-state index < -0.39 is 17.5 Å². The van der Waals surface area contributed by atoms with Crippen molar-refractivity contribution in [3.8, 4) is 0 Å². The number of carbonyl (C=O) groups excluding carboxylic acids is 2. The van der Waals surface area contributed by atoms with Gasteiger partial charge in [-0.05, 0) is 53.7 Å². The number of methoxy groups -OCH3 is 1. The summed E-state index contributed by atoms with van der Waals surface area (Å²) < 4.78 is 10.2. The maximum Gasteiger partial charge on any atom is 0.344 e. The average Bonchev–Trinajstić information content (AvgIpc) is 3.09. The number of anilines is 1. The summed E-state index contributed by atoms with van der Waals surface area (Å²) in [6.07, 6.45) is 2.59. The molecule has 2 heterocycles. The molecule has 1 aliphatic carbocycles. The molecule has 1 amide bonds. The molecular formula is C24H25NO5S. The Balaban J connectivity index is 1.70. The van der Waals surface area contributed by atoms with Gasteiger partial charge in [-0.2, -0.15) is 0 Å². The molecule has 1 N–H and O–H groups in total. The number of hydrogen-bond acceptors (Lipinski definition) is 6. The van der Waals surface area contributed by atoms with Gasteiger partial charge in [0.25, 0.3) is 5.91 Å². The molecule has 0 saturated heterocycles. The maximum absolute atomic E-state index is 12.9.